The average Bonchev–Trinajstić information content (AvgIpc) is 3.53. The fraction of sp³-hybridized carbons (Fsp3) is 0.480. The number of rotatable bonds is 9. The number of fused-ring (bicyclic) bond motifs is 2. The molecule has 0 unspecified atom stereocenters. The van der Waals surface area contributed by atoms with Crippen molar-refractivity contribution in [2.24, 2.45) is 5.41 Å². The topological polar surface area (TPSA) is 107 Å². The molecule has 0 aliphatic carbocycles. The molecule has 0 atom stereocenters. The number of hydrogen-bond acceptors (Lipinski definition) is 9. The number of carbonyl (C=O) groups is 1. The van der Waals surface area contributed by atoms with Crippen LogP contribution < -0.4 is 0 Å². The molecule has 0 aliphatic rings. The van der Waals surface area contributed by atoms with Gasteiger partial charge in [-0.05, 0) is 59.0 Å². The fourth-order valence-electron chi connectivity index (χ4n) is 3.32. The molecule has 0 spiro atoms. The molecular formula is C25H34N6O3S2. The first-order valence-corrected chi connectivity index (χ1v) is 14.2. The minimum absolute atomic E-state index is 0.162. The lowest BCUT2D eigenvalue weighted by Crippen LogP contribution is -2.23. The minimum atomic E-state index is -0.444. The van der Waals surface area contributed by atoms with E-state index in [-0.39, 0.29) is 12.6 Å². The Balaban J connectivity index is 0.000000212. The number of nitrogens with zero attached hydrogens (tertiary/aromatic N) is 6. The Hall–Kier alpha value is -2.63. The van der Waals surface area contributed by atoms with Crippen LogP contribution in [0.3, 0.4) is 0 Å². The van der Waals surface area contributed by atoms with Gasteiger partial charge in [-0.1, -0.05) is 0 Å². The van der Waals surface area contributed by atoms with Gasteiger partial charge in [-0.2, -0.15) is 0 Å². The van der Waals surface area contributed by atoms with Gasteiger partial charge in [0.25, 0.3) is 0 Å². The summed E-state index contributed by atoms with van der Waals surface area (Å²) in [6, 6.07) is 0. The predicted octanol–water partition coefficient (Wildman–Crippen LogP) is 4.35. The molecule has 0 aliphatic heterocycles. The van der Waals surface area contributed by atoms with Crippen molar-refractivity contribution >= 4 is 40.8 Å². The van der Waals surface area contributed by atoms with Crippen molar-refractivity contribution in [3.63, 3.8) is 0 Å². The van der Waals surface area contributed by atoms with E-state index in [1.807, 2.05) is 66.9 Å². The number of aliphatic hydroxyl groups is 1. The normalized spacial score (nSPS) is 11.5. The van der Waals surface area contributed by atoms with E-state index in [4.69, 9.17) is 9.84 Å². The number of aliphatic hydroxyl groups excluding tert-OH is 1. The predicted molar refractivity (Wildman–Crippen MR) is 144 cm³/mol. The summed E-state index contributed by atoms with van der Waals surface area (Å²) in [5.41, 5.74) is 3.32. The summed E-state index contributed by atoms with van der Waals surface area (Å²) in [6.45, 7) is 6.20. The van der Waals surface area contributed by atoms with E-state index in [1.54, 1.807) is 35.9 Å². The van der Waals surface area contributed by atoms with E-state index in [0.717, 1.165) is 58.4 Å². The lowest BCUT2D eigenvalue weighted by Gasteiger charge is -2.16. The number of aryl methyl sites for hydroxylation is 2. The van der Waals surface area contributed by atoms with E-state index in [9.17, 15) is 4.79 Å². The highest BCUT2D eigenvalue weighted by Gasteiger charge is 2.22. The molecule has 0 saturated carbocycles. The molecule has 0 saturated heterocycles. The molecule has 0 bridgehead atoms. The maximum atomic E-state index is 11.7. The number of imidazole rings is 2. The molecule has 0 amide bonds. The zero-order valence-electron chi connectivity index (χ0n) is 21.5. The Bertz CT molecular complexity index is 1280. The van der Waals surface area contributed by atoms with Gasteiger partial charge in [-0.15, -0.1) is 23.5 Å². The summed E-state index contributed by atoms with van der Waals surface area (Å²) in [4.78, 5) is 29.3. The van der Waals surface area contributed by atoms with Crippen molar-refractivity contribution in [3.8, 4) is 0 Å². The molecule has 36 heavy (non-hydrogen) atoms. The molecule has 1 N–H and O–H groups in total. The number of ether oxygens (including phenoxy) is 1. The lowest BCUT2D eigenvalue weighted by molar-refractivity contribution is -0.153. The van der Waals surface area contributed by atoms with Crippen LogP contribution in [0.2, 0.25) is 0 Å². The third kappa shape index (κ3) is 7.44. The Morgan fingerprint density at radius 2 is 1.42 bits per heavy atom. The Kier molecular flexibility index (Phi) is 10.1. The summed E-state index contributed by atoms with van der Waals surface area (Å²) in [6.07, 6.45) is 18.4. The maximum absolute atomic E-state index is 11.7. The average molecular weight is 531 g/mol. The van der Waals surface area contributed by atoms with Crippen molar-refractivity contribution in [3.05, 3.63) is 48.6 Å². The number of hydrogen-bond donors (Lipinski definition) is 1. The number of carbonyl (C=O) groups excluding carboxylic acids is 1. The molecule has 4 aromatic rings. The zero-order chi connectivity index (χ0) is 26.1. The van der Waals surface area contributed by atoms with Crippen LogP contribution in [0, 0.1) is 5.41 Å². The fourth-order valence-corrected chi connectivity index (χ4v) is 4.41. The molecular weight excluding hydrogens is 496 g/mol. The highest BCUT2D eigenvalue weighted by molar-refractivity contribution is 7.98. The van der Waals surface area contributed by atoms with Gasteiger partial charge >= 0.3 is 5.97 Å². The van der Waals surface area contributed by atoms with Crippen molar-refractivity contribution in [2.45, 2.75) is 56.5 Å². The summed E-state index contributed by atoms with van der Waals surface area (Å²) in [5.74, 6) is -0.162. The van der Waals surface area contributed by atoms with Gasteiger partial charge in [0, 0.05) is 43.8 Å². The van der Waals surface area contributed by atoms with E-state index >= 15 is 0 Å². The van der Waals surface area contributed by atoms with Gasteiger partial charge in [0.15, 0.2) is 11.3 Å². The Morgan fingerprint density at radius 3 is 1.86 bits per heavy atom. The largest absolute Gasteiger partial charge is 0.465 e. The molecule has 0 radical (unpaired) electrons. The second-order valence-electron chi connectivity index (χ2n) is 9.12. The molecule has 4 aromatic heterocycles. The van der Waals surface area contributed by atoms with E-state index in [1.165, 1.54) is 0 Å². The first-order valence-electron chi connectivity index (χ1n) is 11.8. The highest BCUT2D eigenvalue weighted by Crippen LogP contribution is 2.20. The van der Waals surface area contributed by atoms with Crippen LogP contribution in [0.1, 0.15) is 45.0 Å². The van der Waals surface area contributed by atoms with Gasteiger partial charge in [0.05, 0.1) is 23.4 Å². The second-order valence-corrected chi connectivity index (χ2v) is 10.7. The van der Waals surface area contributed by atoms with Gasteiger partial charge < -0.3 is 18.6 Å². The monoisotopic (exact) mass is 530 g/mol. The van der Waals surface area contributed by atoms with Crippen molar-refractivity contribution in [1.29, 1.82) is 0 Å². The highest BCUT2D eigenvalue weighted by atomic mass is 32.2. The Morgan fingerprint density at radius 1 is 0.917 bits per heavy atom. The maximum Gasteiger partial charge on any atom is 0.311 e. The van der Waals surface area contributed by atoms with E-state index in [2.05, 4.69) is 19.9 Å². The van der Waals surface area contributed by atoms with Crippen LogP contribution in [-0.4, -0.2) is 65.5 Å². The van der Waals surface area contributed by atoms with Crippen molar-refractivity contribution in [2.75, 3.05) is 25.7 Å². The van der Waals surface area contributed by atoms with E-state index in [0.29, 0.717) is 6.61 Å². The molecule has 9 nitrogen and oxygen atoms in total. The van der Waals surface area contributed by atoms with Gasteiger partial charge in [0.2, 0.25) is 0 Å². The summed E-state index contributed by atoms with van der Waals surface area (Å²) in [7, 11) is 0. The molecule has 0 aromatic carbocycles. The van der Waals surface area contributed by atoms with Gasteiger partial charge in [0.1, 0.15) is 10.1 Å². The number of esters is 1. The van der Waals surface area contributed by atoms with Crippen LogP contribution in [0.4, 0.5) is 0 Å². The summed E-state index contributed by atoms with van der Waals surface area (Å²) in [5, 5.41) is 10.6. The van der Waals surface area contributed by atoms with Crippen molar-refractivity contribution < 1.29 is 14.6 Å². The van der Waals surface area contributed by atoms with Crippen LogP contribution >= 0.6 is 23.5 Å². The Labute approximate surface area is 220 Å². The molecule has 11 heteroatoms. The zero-order valence-corrected chi connectivity index (χ0v) is 23.1. The lowest BCUT2D eigenvalue weighted by atomic mass is 9.97. The number of thioether (sulfide) groups is 2. The van der Waals surface area contributed by atoms with Gasteiger partial charge in [-0.3, -0.25) is 4.79 Å². The third-order valence-corrected chi connectivity index (χ3v) is 6.51. The first-order chi connectivity index (χ1) is 17.3. The van der Waals surface area contributed by atoms with Crippen LogP contribution in [-0.2, 0) is 22.4 Å². The number of aromatic nitrogens is 6. The molecule has 0 fully saturated rings. The van der Waals surface area contributed by atoms with Crippen LogP contribution in [0.5, 0.6) is 0 Å². The first kappa shape index (κ1) is 27.9. The van der Waals surface area contributed by atoms with Crippen LogP contribution in [0.15, 0.2) is 47.2 Å². The molecule has 4 heterocycles. The molecule has 194 valence electrons. The quantitative estimate of drug-likeness (QED) is 0.192. The summed E-state index contributed by atoms with van der Waals surface area (Å²) >= 11 is 3.18. The van der Waals surface area contributed by atoms with Crippen LogP contribution in [0.25, 0.3) is 11.3 Å². The van der Waals surface area contributed by atoms with Crippen molar-refractivity contribution in [1.82, 2.24) is 28.7 Å². The van der Waals surface area contributed by atoms with E-state index < -0.39 is 5.41 Å². The SMILES string of the molecule is CSc1nc(CCCO)cn2ccnc12.CSc1nc(CCCOC(=O)C(C)(C)C)cn2ccnc12. The minimum Gasteiger partial charge on any atom is -0.465 e. The standard InChI is InChI=1S/C15H21N3O2S.C10H13N3OS/c1-15(2,3)14(19)20-9-5-6-11-10-18-8-7-16-12(18)13(17-11)21-4;1-15-10-9-11-4-5-13(9)7-8(12-10)3-2-6-14/h7-8,10H,5-6,9H2,1-4H3;4-5,7,14H,2-3,6H2,1H3. The molecule has 4 rings (SSSR count). The summed E-state index contributed by atoms with van der Waals surface area (Å²) < 4.78 is 9.23. The van der Waals surface area contributed by atoms with Gasteiger partial charge in [-0.25, -0.2) is 19.9 Å². The third-order valence-electron chi connectivity index (χ3n) is 5.19. The smallest absolute Gasteiger partial charge is 0.311 e. The second kappa shape index (κ2) is 13.1.